The molecule has 1 rings (SSSR count). The van der Waals surface area contributed by atoms with Gasteiger partial charge in [0.2, 0.25) is 10.0 Å². The van der Waals surface area contributed by atoms with Gasteiger partial charge < -0.3 is 10.2 Å². The Kier molecular flexibility index (Phi) is 4.69. The van der Waals surface area contributed by atoms with Crippen LogP contribution in [0.2, 0.25) is 5.02 Å². The average molecular weight is 294 g/mol. The fraction of sp³-hybridized carbons (Fsp3) is 0.300. The lowest BCUT2D eigenvalue weighted by Gasteiger charge is -2.10. The lowest BCUT2D eigenvalue weighted by Crippen LogP contribution is -2.36. The molecular weight excluding hydrogens is 282 g/mol. The van der Waals surface area contributed by atoms with Crippen LogP contribution in [0.15, 0.2) is 23.1 Å². The van der Waals surface area contributed by atoms with Gasteiger partial charge in [-0.3, -0.25) is 0 Å². The molecule has 0 saturated heterocycles. The van der Waals surface area contributed by atoms with Crippen molar-refractivity contribution in [3.8, 4) is 0 Å². The molecule has 0 spiro atoms. The number of benzene rings is 1. The lowest BCUT2D eigenvalue weighted by atomic mass is 10.2. The van der Waals surface area contributed by atoms with E-state index in [2.05, 4.69) is 0 Å². The van der Waals surface area contributed by atoms with Crippen LogP contribution in [0.5, 0.6) is 0 Å². The van der Waals surface area contributed by atoms with Crippen LogP contribution in [0.25, 0.3) is 0 Å². The molecule has 1 unspecified atom stereocenters. The van der Waals surface area contributed by atoms with E-state index in [1.54, 1.807) is 13.0 Å². The highest BCUT2D eigenvalue weighted by molar-refractivity contribution is 7.89. The van der Waals surface area contributed by atoms with Gasteiger partial charge in [0.15, 0.2) is 6.10 Å². The molecule has 0 aliphatic heterocycles. The molecule has 6 nitrogen and oxygen atoms in total. The number of halogens is 1. The normalized spacial score (nSPS) is 13.3. The predicted octanol–water partition coefficient (Wildman–Crippen LogP) is 0.372. The highest BCUT2D eigenvalue weighted by atomic mass is 35.5. The number of carboxylic acid groups (broad SMARTS) is 1. The van der Waals surface area contributed by atoms with Crippen LogP contribution in [-0.4, -0.2) is 37.2 Å². The Morgan fingerprint density at radius 2 is 2.11 bits per heavy atom. The van der Waals surface area contributed by atoms with Crippen molar-refractivity contribution in [3.63, 3.8) is 0 Å². The molecule has 18 heavy (non-hydrogen) atoms. The van der Waals surface area contributed by atoms with Crippen LogP contribution in [-0.2, 0) is 14.8 Å². The van der Waals surface area contributed by atoms with Gasteiger partial charge in [-0.05, 0) is 24.6 Å². The van der Waals surface area contributed by atoms with Crippen LogP contribution in [0.4, 0.5) is 0 Å². The second-order valence-corrected chi connectivity index (χ2v) is 5.78. The fourth-order valence-corrected chi connectivity index (χ4v) is 2.81. The fourth-order valence-electron chi connectivity index (χ4n) is 1.18. The van der Waals surface area contributed by atoms with Gasteiger partial charge in [0.1, 0.15) is 4.90 Å². The van der Waals surface area contributed by atoms with Crippen molar-refractivity contribution >= 4 is 27.6 Å². The molecule has 0 aliphatic carbocycles. The third-order valence-corrected chi connectivity index (χ3v) is 4.04. The number of aliphatic carboxylic acids is 1. The van der Waals surface area contributed by atoms with Crippen LogP contribution >= 0.6 is 11.6 Å². The second kappa shape index (κ2) is 5.66. The molecule has 1 aromatic carbocycles. The van der Waals surface area contributed by atoms with Crippen molar-refractivity contribution in [3.05, 3.63) is 28.8 Å². The number of rotatable bonds is 5. The molecule has 0 amide bonds. The van der Waals surface area contributed by atoms with Crippen molar-refractivity contribution in [2.75, 3.05) is 6.54 Å². The van der Waals surface area contributed by atoms with Crippen LogP contribution < -0.4 is 4.72 Å². The molecule has 1 atom stereocenters. The molecule has 3 N–H and O–H groups in total. The Hall–Kier alpha value is -1.15. The summed E-state index contributed by atoms with van der Waals surface area (Å²) in [4.78, 5) is 10.2. The van der Waals surface area contributed by atoms with Crippen molar-refractivity contribution in [1.82, 2.24) is 4.72 Å². The van der Waals surface area contributed by atoms with E-state index in [1.165, 1.54) is 12.1 Å². The van der Waals surface area contributed by atoms with Crippen molar-refractivity contribution in [2.45, 2.75) is 17.9 Å². The number of aliphatic hydroxyl groups excluding tert-OH is 1. The van der Waals surface area contributed by atoms with Crippen molar-refractivity contribution < 1.29 is 23.4 Å². The Labute approximate surface area is 109 Å². The number of hydrogen-bond donors (Lipinski definition) is 3. The third-order valence-electron chi connectivity index (χ3n) is 2.13. The first-order valence-electron chi connectivity index (χ1n) is 4.91. The van der Waals surface area contributed by atoms with Gasteiger partial charge in [0, 0.05) is 6.54 Å². The summed E-state index contributed by atoms with van der Waals surface area (Å²) in [6.07, 6.45) is -1.80. The zero-order chi connectivity index (χ0) is 13.9. The standard InChI is InChI=1S/C10H12ClNO5S/c1-6-2-3-9(7(11)4-6)18(16,17)12-5-8(13)10(14)15/h2-4,8,12-13H,5H2,1H3,(H,14,15). The van der Waals surface area contributed by atoms with Gasteiger partial charge in [0.25, 0.3) is 0 Å². The topological polar surface area (TPSA) is 104 Å². The molecule has 0 fully saturated rings. The molecule has 8 heteroatoms. The summed E-state index contributed by atoms with van der Waals surface area (Å²) < 4.78 is 25.6. The summed E-state index contributed by atoms with van der Waals surface area (Å²) in [7, 11) is -3.94. The molecule has 100 valence electrons. The van der Waals surface area contributed by atoms with E-state index in [0.29, 0.717) is 0 Å². The average Bonchev–Trinajstić information content (AvgIpc) is 2.25. The molecule has 0 aromatic heterocycles. The number of carboxylic acids is 1. The number of hydrogen-bond acceptors (Lipinski definition) is 4. The highest BCUT2D eigenvalue weighted by Crippen LogP contribution is 2.22. The van der Waals surface area contributed by atoms with Gasteiger partial charge in [0.05, 0.1) is 5.02 Å². The molecule has 0 bridgehead atoms. The van der Waals surface area contributed by atoms with E-state index in [9.17, 15) is 13.2 Å². The van der Waals surface area contributed by atoms with Crippen LogP contribution in [0, 0.1) is 6.92 Å². The van der Waals surface area contributed by atoms with Gasteiger partial charge in [-0.15, -0.1) is 0 Å². The third kappa shape index (κ3) is 3.67. The molecular formula is C10H12ClNO5S. The Morgan fingerprint density at radius 1 is 1.50 bits per heavy atom. The van der Waals surface area contributed by atoms with E-state index in [0.717, 1.165) is 5.56 Å². The maximum Gasteiger partial charge on any atom is 0.333 e. The zero-order valence-electron chi connectivity index (χ0n) is 9.42. The Bertz CT molecular complexity index is 557. The van der Waals surface area contributed by atoms with Crippen LogP contribution in [0.1, 0.15) is 5.56 Å². The molecule has 0 saturated carbocycles. The molecule has 0 heterocycles. The second-order valence-electron chi connectivity index (χ2n) is 3.64. The van der Waals surface area contributed by atoms with E-state index < -0.39 is 28.6 Å². The van der Waals surface area contributed by atoms with Gasteiger partial charge in [-0.1, -0.05) is 17.7 Å². The first-order valence-corrected chi connectivity index (χ1v) is 6.77. The minimum atomic E-state index is -3.94. The number of aliphatic hydroxyl groups is 1. The minimum Gasteiger partial charge on any atom is -0.479 e. The molecule has 1 aromatic rings. The van der Waals surface area contributed by atoms with E-state index >= 15 is 0 Å². The quantitative estimate of drug-likeness (QED) is 0.728. The summed E-state index contributed by atoms with van der Waals surface area (Å²) in [6.45, 7) is 1.13. The molecule has 0 aliphatic rings. The number of nitrogens with one attached hydrogen (secondary N) is 1. The maximum atomic E-state index is 11.8. The molecule has 0 radical (unpaired) electrons. The lowest BCUT2D eigenvalue weighted by molar-refractivity contribution is -0.146. The Balaban J connectivity index is 2.90. The van der Waals surface area contributed by atoms with Gasteiger partial charge in [-0.25, -0.2) is 17.9 Å². The number of carbonyl (C=O) groups is 1. The van der Waals surface area contributed by atoms with Gasteiger partial charge >= 0.3 is 5.97 Å². The largest absolute Gasteiger partial charge is 0.479 e. The van der Waals surface area contributed by atoms with E-state index in [4.69, 9.17) is 21.8 Å². The smallest absolute Gasteiger partial charge is 0.333 e. The van der Waals surface area contributed by atoms with Crippen molar-refractivity contribution in [1.29, 1.82) is 0 Å². The van der Waals surface area contributed by atoms with Gasteiger partial charge in [-0.2, -0.15) is 0 Å². The predicted molar refractivity (Wildman–Crippen MR) is 65.0 cm³/mol. The van der Waals surface area contributed by atoms with Crippen LogP contribution in [0.3, 0.4) is 0 Å². The summed E-state index contributed by atoms with van der Waals surface area (Å²) in [5.41, 5.74) is 0.796. The number of sulfonamides is 1. The van der Waals surface area contributed by atoms with E-state index in [-0.39, 0.29) is 9.92 Å². The Morgan fingerprint density at radius 3 is 2.61 bits per heavy atom. The first kappa shape index (κ1) is 14.9. The minimum absolute atomic E-state index is 0.0346. The monoisotopic (exact) mass is 293 g/mol. The summed E-state index contributed by atoms with van der Waals surface area (Å²) in [5.74, 6) is -1.51. The summed E-state index contributed by atoms with van der Waals surface area (Å²) in [5, 5.41) is 17.5. The summed E-state index contributed by atoms with van der Waals surface area (Å²) in [6, 6.07) is 4.35. The van der Waals surface area contributed by atoms with Crippen molar-refractivity contribution in [2.24, 2.45) is 0 Å². The SMILES string of the molecule is Cc1ccc(S(=O)(=O)NCC(O)C(=O)O)c(Cl)c1. The number of aryl methyl sites for hydroxylation is 1. The maximum absolute atomic E-state index is 11.8. The highest BCUT2D eigenvalue weighted by Gasteiger charge is 2.21. The summed E-state index contributed by atoms with van der Waals surface area (Å²) >= 11 is 5.79. The first-order chi connectivity index (χ1) is 8.24. The zero-order valence-corrected chi connectivity index (χ0v) is 11.0. The van der Waals surface area contributed by atoms with E-state index in [1.807, 2.05) is 4.72 Å².